The summed E-state index contributed by atoms with van der Waals surface area (Å²) in [5, 5.41) is 2.82. The van der Waals surface area contributed by atoms with E-state index in [2.05, 4.69) is 5.32 Å². The van der Waals surface area contributed by atoms with E-state index in [1.54, 1.807) is 24.5 Å². The van der Waals surface area contributed by atoms with Crippen LogP contribution < -0.4 is 10.1 Å². The number of hydrogen-bond donors (Lipinski definition) is 1. The number of piperidine rings is 1. The molecule has 1 aromatic heterocycles. The molecular formula is C21H24N2O4. The van der Waals surface area contributed by atoms with Crippen molar-refractivity contribution in [1.82, 2.24) is 10.2 Å². The molecule has 2 heterocycles. The molecule has 2 aromatic rings. The third-order valence-corrected chi connectivity index (χ3v) is 5.10. The Hall–Kier alpha value is -2.76. The van der Waals surface area contributed by atoms with Gasteiger partial charge in [-0.1, -0.05) is 0 Å². The number of carbonyl (C=O) groups excluding carboxylic acids is 2. The van der Waals surface area contributed by atoms with Crippen LogP contribution in [0.5, 0.6) is 5.75 Å². The normalized spacial score (nSPS) is 17.6. The number of carbonyl (C=O) groups is 2. The van der Waals surface area contributed by atoms with Crippen molar-refractivity contribution in [3.05, 3.63) is 54.0 Å². The number of likely N-dealkylation sites (tertiary alicyclic amines) is 1. The molecule has 1 saturated carbocycles. The van der Waals surface area contributed by atoms with Crippen LogP contribution in [0.4, 0.5) is 0 Å². The molecule has 1 aliphatic heterocycles. The summed E-state index contributed by atoms with van der Waals surface area (Å²) < 4.78 is 11.2. The highest BCUT2D eigenvalue weighted by Gasteiger charge is 2.35. The molecule has 2 amide bonds. The first-order valence-electron chi connectivity index (χ1n) is 9.55. The van der Waals surface area contributed by atoms with Crippen molar-refractivity contribution >= 4 is 11.8 Å². The summed E-state index contributed by atoms with van der Waals surface area (Å²) in [4.78, 5) is 26.2. The Labute approximate surface area is 158 Å². The molecule has 6 nitrogen and oxygen atoms in total. The Kier molecular flexibility index (Phi) is 5.14. The van der Waals surface area contributed by atoms with Crippen LogP contribution in [0.2, 0.25) is 0 Å². The quantitative estimate of drug-likeness (QED) is 0.851. The molecule has 0 atom stereocenters. The van der Waals surface area contributed by atoms with Gasteiger partial charge in [0, 0.05) is 37.4 Å². The lowest BCUT2D eigenvalue weighted by Crippen LogP contribution is -2.42. The highest BCUT2D eigenvalue weighted by molar-refractivity contribution is 5.94. The molecule has 0 bridgehead atoms. The number of furan rings is 1. The minimum Gasteiger partial charge on any atom is -0.490 e. The molecule has 142 valence electrons. The Morgan fingerprint density at radius 2 is 1.81 bits per heavy atom. The maximum absolute atomic E-state index is 12.2. The van der Waals surface area contributed by atoms with Crippen molar-refractivity contribution in [1.29, 1.82) is 0 Å². The van der Waals surface area contributed by atoms with Crippen LogP contribution in [0.1, 0.15) is 41.8 Å². The molecule has 1 aromatic carbocycles. The van der Waals surface area contributed by atoms with Crippen LogP contribution in [0.15, 0.2) is 47.1 Å². The minimum atomic E-state index is -0.148. The van der Waals surface area contributed by atoms with Gasteiger partial charge in [0.1, 0.15) is 17.6 Å². The van der Waals surface area contributed by atoms with E-state index in [0.29, 0.717) is 18.0 Å². The van der Waals surface area contributed by atoms with Gasteiger partial charge < -0.3 is 19.4 Å². The van der Waals surface area contributed by atoms with Crippen LogP contribution in [0, 0.1) is 5.92 Å². The van der Waals surface area contributed by atoms with E-state index in [9.17, 15) is 9.59 Å². The average Bonchev–Trinajstić information content (AvgIpc) is 3.42. The Morgan fingerprint density at radius 1 is 1.07 bits per heavy atom. The van der Waals surface area contributed by atoms with E-state index in [-0.39, 0.29) is 17.9 Å². The first kappa shape index (κ1) is 17.6. The zero-order valence-electron chi connectivity index (χ0n) is 15.2. The fraction of sp³-hybridized carbons (Fsp3) is 0.429. The summed E-state index contributed by atoms with van der Waals surface area (Å²) in [6.07, 6.45) is 5.51. The van der Waals surface area contributed by atoms with Crippen LogP contribution >= 0.6 is 0 Å². The summed E-state index contributed by atoms with van der Waals surface area (Å²) in [7, 11) is 0. The van der Waals surface area contributed by atoms with Gasteiger partial charge in [0.05, 0.1) is 12.8 Å². The van der Waals surface area contributed by atoms with E-state index in [1.807, 2.05) is 23.1 Å². The van der Waals surface area contributed by atoms with E-state index < -0.39 is 0 Å². The second-order valence-corrected chi connectivity index (χ2v) is 7.20. The van der Waals surface area contributed by atoms with Crippen LogP contribution in [0.25, 0.3) is 0 Å². The van der Waals surface area contributed by atoms with Crippen LogP contribution in [-0.2, 0) is 11.3 Å². The highest BCUT2D eigenvalue weighted by Crippen LogP contribution is 2.32. The third-order valence-electron chi connectivity index (χ3n) is 5.10. The Balaban J connectivity index is 1.24. The lowest BCUT2D eigenvalue weighted by atomic mass is 10.1. The molecule has 0 spiro atoms. The molecule has 1 N–H and O–H groups in total. The number of nitrogens with one attached hydrogen (secondary N) is 1. The number of amides is 2. The van der Waals surface area contributed by atoms with Crippen LogP contribution in [0.3, 0.4) is 0 Å². The first-order chi connectivity index (χ1) is 13.2. The fourth-order valence-electron chi connectivity index (χ4n) is 3.34. The second-order valence-electron chi connectivity index (χ2n) is 7.20. The van der Waals surface area contributed by atoms with Gasteiger partial charge in [0.15, 0.2) is 0 Å². The third kappa shape index (κ3) is 4.51. The summed E-state index contributed by atoms with van der Waals surface area (Å²) in [6.45, 7) is 1.91. The summed E-state index contributed by atoms with van der Waals surface area (Å²) in [5.74, 6) is 1.93. The SMILES string of the molecule is O=C(NCc1ccco1)c1ccc(OC2CCN(C(=O)C3CC3)CC2)cc1. The van der Waals surface area contributed by atoms with Gasteiger partial charge in [0.25, 0.3) is 5.91 Å². The van der Waals surface area contributed by atoms with Gasteiger partial charge in [0.2, 0.25) is 5.91 Å². The molecule has 0 radical (unpaired) electrons. The van der Waals surface area contributed by atoms with Gasteiger partial charge in [-0.25, -0.2) is 0 Å². The molecule has 1 aliphatic carbocycles. The second kappa shape index (κ2) is 7.86. The van der Waals surface area contributed by atoms with E-state index in [0.717, 1.165) is 50.3 Å². The van der Waals surface area contributed by atoms with Gasteiger partial charge in [-0.3, -0.25) is 9.59 Å². The van der Waals surface area contributed by atoms with Crippen molar-refractivity contribution < 1.29 is 18.7 Å². The lowest BCUT2D eigenvalue weighted by Gasteiger charge is -2.32. The van der Waals surface area contributed by atoms with Gasteiger partial charge in [-0.2, -0.15) is 0 Å². The molecule has 6 heteroatoms. The van der Waals surface area contributed by atoms with Gasteiger partial charge in [-0.05, 0) is 49.2 Å². The smallest absolute Gasteiger partial charge is 0.251 e. The van der Waals surface area contributed by atoms with E-state index in [1.165, 1.54) is 0 Å². The molecule has 27 heavy (non-hydrogen) atoms. The monoisotopic (exact) mass is 368 g/mol. The maximum Gasteiger partial charge on any atom is 0.251 e. The standard InChI is InChI=1S/C21H24N2O4/c24-20(22-14-19-2-1-13-26-19)15-5-7-17(8-6-15)27-18-9-11-23(12-10-18)21(25)16-3-4-16/h1-2,5-8,13,16,18H,3-4,9-12,14H2,(H,22,24). The van der Waals surface area contributed by atoms with E-state index >= 15 is 0 Å². The first-order valence-corrected chi connectivity index (χ1v) is 9.55. The molecule has 0 unspecified atom stereocenters. The average molecular weight is 368 g/mol. The molecule has 1 saturated heterocycles. The zero-order chi connectivity index (χ0) is 18.6. The van der Waals surface area contributed by atoms with Crippen molar-refractivity contribution in [3.8, 4) is 5.75 Å². The van der Waals surface area contributed by atoms with Crippen molar-refractivity contribution in [3.63, 3.8) is 0 Å². The topological polar surface area (TPSA) is 71.8 Å². The summed E-state index contributed by atoms with van der Waals surface area (Å²) in [6, 6.07) is 10.8. The summed E-state index contributed by atoms with van der Waals surface area (Å²) in [5.41, 5.74) is 0.582. The molecule has 2 fully saturated rings. The largest absolute Gasteiger partial charge is 0.490 e. The predicted octanol–water partition coefficient (Wildman–Crippen LogP) is 2.99. The lowest BCUT2D eigenvalue weighted by molar-refractivity contribution is -0.134. The molecule has 4 rings (SSSR count). The van der Waals surface area contributed by atoms with Crippen molar-refractivity contribution in [2.75, 3.05) is 13.1 Å². The Bertz CT molecular complexity index is 773. The predicted molar refractivity (Wildman–Crippen MR) is 99.3 cm³/mol. The molecular weight excluding hydrogens is 344 g/mol. The minimum absolute atomic E-state index is 0.117. The fourth-order valence-corrected chi connectivity index (χ4v) is 3.34. The number of benzene rings is 1. The summed E-state index contributed by atoms with van der Waals surface area (Å²) >= 11 is 0. The van der Waals surface area contributed by atoms with Crippen molar-refractivity contribution in [2.45, 2.75) is 38.3 Å². The number of nitrogens with zero attached hydrogens (tertiary/aromatic N) is 1. The maximum atomic E-state index is 12.2. The number of rotatable bonds is 6. The van der Waals surface area contributed by atoms with Crippen LogP contribution in [-0.4, -0.2) is 35.9 Å². The van der Waals surface area contributed by atoms with Crippen molar-refractivity contribution in [2.24, 2.45) is 5.92 Å². The van der Waals surface area contributed by atoms with Gasteiger partial charge in [-0.15, -0.1) is 0 Å². The Morgan fingerprint density at radius 3 is 2.44 bits per heavy atom. The highest BCUT2D eigenvalue weighted by atomic mass is 16.5. The number of hydrogen-bond acceptors (Lipinski definition) is 4. The van der Waals surface area contributed by atoms with E-state index in [4.69, 9.17) is 9.15 Å². The van der Waals surface area contributed by atoms with Gasteiger partial charge >= 0.3 is 0 Å². The molecule has 2 aliphatic rings. The number of ether oxygens (including phenoxy) is 1. The zero-order valence-corrected chi connectivity index (χ0v) is 15.2.